The Morgan fingerprint density at radius 2 is 2.11 bits per heavy atom. The predicted octanol–water partition coefficient (Wildman–Crippen LogP) is 2.93. The third-order valence-electron chi connectivity index (χ3n) is 3.87. The lowest BCUT2D eigenvalue weighted by Gasteiger charge is -2.26. The van der Waals surface area contributed by atoms with Crippen LogP contribution < -0.4 is 5.32 Å². The van der Waals surface area contributed by atoms with Gasteiger partial charge < -0.3 is 10.4 Å². The van der Waals surface area contributed by atoms with Gasteiger partial charge in [0.1, 0.15) is 0 Å². The molecule has 0 radical (unpaired) electrons. The van der Waals surface area contributed by atoms with Crippen molar-refractivity contribution < 1.29 is 5.11 Å². The second-order valence-corrected chi connectivity index (χ2v) is 5.97. The summed E-state index contributed by atoms with van der Waals surface area (Å²) in [5, 5.41) is 17.6. The molecule has 0 fully saturated rings. The van der Waals surface area contributed by atoms with E-state index < -0.39 is 0 Å². The minimum Gasteiger partial charge on any atom is -0.387 e. The summed E-state index contributed by atoms with van der Waals surface area (Å²) in [6.45, 7) is 0.642. The summed E-state index contributed by atoms with van der Waals surface area (Å²) in [5.41, 5.74) is 3.96. The maximum absolute atomic E-state index is 10.1. The van der Waals surface area contributed by atoms with E-state index in [1.165, 1.54) is 11.1 Å². The second-order valence-electron chi connectivity index (χ2n) is 5.19. The van der Waals surface area contributed by atoms with Crippen molar-refractivity contribution in [3.05, 3.63) is 57.8 Å². The van der Waals surface area contributed by atoms with Crippen LogP contribution in [-0.2, 0) is 12.8 Å². The van der Waals surface area contributed by atoms with Gasteiger partial charge in [0, 0.05) is 12.6 Å². The fraction of sp³-hybridized carbons (Fsp3) is 0.375. The van der Waals surface area contributed by atoms with Crippen LogP contribution in [0.4, 0.5) is 0 Å². The van der Waals surface area contributed by atoms with E-state index in [0.717, 1.165) is 24.8 Å². The highest BCUT2D eigenvalue weighted by molar-refractivity contribution is 7.07. The number of fused-ring (bicyclic) bond motifs is 1. The van der Waals surface area contributed by atoms with Gasteiger partial charge in [-0.2, -0.15) is 11.3 Å². The maximum Gasteiger partial charge on any atom is 0.0922 e. The quantitative estimate of drug-likeness (QED) is 0.897. The molecule has 0 saturated heterocycles. The topological polar surface area (TPSA) is 32.3 Å². The van der Waals surface area contributed by atoms with Gasteiger partial charge in [-0.15, -0.1) is 0 Å². The van der Waals surface area contributed by atoms with E-state index in [2.05, 4.69) is 29.6 Å². The minimum absolute atomic E-state index is 0.386. The van der Waals surface area contributed by atoms with Gasteiger partial charge >= 0.3 is 0 Å². The van der Waals surface area contributed by atoms with Crippen molar-refractivity contribution in [1.82, 2.24) is 5.32 Å². The zero-order valence-corrected chi connectivity index (χ0v) is 11.7. The van der Waals surface area contributed by atoms with E-state index in [9.17, 15) is 5.11 Å². The van der Waals surface area contributed by atoms with Crippen LogP contribution >= 0.6 is 11.3 Å². The zero-order chi connectivity index (χ0) is 13.1. The maximum atomic E-state index is 10.1. The third kappa shape index (κ3) is 3.06. The summed E-state index contributed by atoms with van der Waals surface area (Å²) in [6, 6.07) is 11.2. The molecule has 0 aliphatic heterocycles. The SMILES string of the molecule is O[C@H](CN[C@@H]1CCc2ccccc2C1)c1ccsc1. The summed E-state index contributed by atoms with van der Waals surface area (Å²) < 4.78 is 0. The Labute approximate surface area is 118 Å². The van der Waals surface area contributed by atoms with Crippen molar-refractivity contribution in [2.45, 2.75) is 31.4 Å². The van der Waals surface area contributed by atoms with Crippen molar-refractivity contribution in [2.75, 3.05) is 6.54 Å². The first-order valence-corrected chi connectivity index (χ1v) is 7.77. The van der Waals surface area contributed by atoms with Crippen LogP contribution in [0.5, 0.6) is 0 Å². The van der Waals surface area contributed by atoms with Crippen molar-refractivity contribution in [1.29, 1.82) is 0 Å². The fourth-order valence-corrected chi connectivity index (χ4v) is 3.44. The zero-order valence-electron chi connectivity index (χ0n) is 10.9. The summed E-state index contributed by atoms with van der Waals surface area (Å²) >= 11 is 1.63. The molecular formula is C16H19NOS. The molecular weight excluding hydrogens is 254 g/mol. The predicted molar refractivity (Wildman–Crippen MR) is 79.5 cm³/mol. The molecule has 3 rings (SSSR count). The number of thiophene rings is 1. The summed E-state index contributed by atoms with van der Waals surface area (Å²) in [5.74, 6) is 0. The van der Waals surface area contributed by atoms with Crippen LogP contribution in [0.15, 0.2) is 41.1 Å². The number of aliphatic hydroxyl groups excluding tert-OH is 1. The number of hydrogen-bond donors (Lipinski definition) is 2. The molecule has 0 saturated carbocycles. The Hall–Kier alpha value is -1.16. The van der Waals surface area contributed by atoms with Crippen LogP contribution in [0, 0.1) is 0 Å². The molecule has 0 unspecified atom stereocenters. The van der Waals surface area contributed by atoms with Gasteiger partial charge in [0.25, 0.3) is 0 Å². The molecule has 2 N–H and O–H groups in total. The molecule has 3 heteroatoms. The van der Waals surface area contributed by atoms with E-state index in [4.69, 9.17) is 0 Å². The fourth-order valence-electron chi connectivity index (χ4n) is 2.73. The molecule has 1 aliphatic rings. The van der Waals surface area contributed by atoms with Gasteiger partial charge in [-0.05, 0) is 52.8 Å². The average Bonchev–Trinajstić information content (AvgIpc) is 2.99. The molecule has 19 heavy (non-hydrogen) atoms. The first-order chi connectivity index (χ1) is 9.33. The highest BCUT2D eigenvalue weighted by atomic mass is 32.1. The van der Waals surface area contributed by atoms with Crippen LogP contribution in [0.2, 0.25) is 0 Å². The molecule has 0 spiro atoms. The number of benzene rings is 1. The van der Waals surface area contributed by atoms with Crippen molar-refractivity contribution in [3.8, 4) is 0 Å². The lowest BCUT2D eigenvalue weighted by atomic mass is 9.88. The first kappa shape index (κ1) is 12.9. The number of aryl methyl sites for hydroxylation is 1. The number of rotatable bonds is 4. The van der Waals surface area contributed by atoms with E-state index in [1.807, 2.05) is 16.8 Å². The van der Waals surface area contributed by atoms with Gasteiger partial charge in [0.2, 0.25) is 0 Å². The monoisotopic (exact) mass is 273 g/mol. The summed E-state index contributed by atoms with van der Waals surface area (Å²) in [6.07, 6.45) is 2.99. The Balaban J connectivity index is 1.55. The highest BCUT2D eigenvalue weighted by Crippen LogP contribution is 2.22. The van der Waals surface area contributed by atoms with Gasteiger partial charge in [0.15, 0.2) is 0 Å². The third-order valence-corrected chi connectivity index (χ3v) is 4.58. The summed E-state index contributed by atoms with van der Waals surface area (Å²) in [7, 11) is 0. The van der Waals surface area contributed by atoms with Crippen LogP contribution in [0.25, 0.3) is 0 Å². The normalized spacial score (nSPS) is 19.9. The van der Waals surface area contributed by atoms with E-state index >= 15 is 0 Å². The van der Waals surface area contributed by atoms with Crippen molar-refractivity contribution >= 4 is 11.3 Å². The standard InChI is InChI=1S/C16H19NOS/c18-16(14-7-8-19-11-14)10-17-15-6-5-12-3-1-2-4-13(12)9-15/h1-4,7-8,11,15-18H,5-6,9-10H2/t15-,16-/m1/s1. The lowest BCUT2D eigenvalue weighted by Crippen LogP contribution is -2.37. The molecule has 0 bridgehead atoms. The van der Waals surface area contributed by atoms with Crippen LogP contribution in [0.1, 0.15) is 29.2 Å². The lowest BCUT2D eigenvalue weighted by molar-refractivity contribution is 0.168. The van der Waals surface area contributed by atoms with Crippen LogP contribution in [0.3, 0.4) is 0 Å². The van der Waals surface area contributed by atoms with E-state index in [0.29, 0.717) is 12.6 Å². The molecule has 1 aromatic carbocycles. The highest BCUT2D eigenvalue weighted by Gasteiger charge is 2.18. The second kappa shape index (κ2) is 5.87. The Bertz CT molecular complexity index is 523. The van der Waals surface area contributed by atoms with Crippen molar-refractivity contribution in [3.63, 3.8) is 0 Å². The van der Waals surface area contributed by atoms with E-state index in [-0.39, 0.29) is 6.10 Å². The molecule has 2 atom stereocenters. The molecule has 1 aliphatic carbocycles. The van der Waals surface area contributed by atoms with Gasteiger partial charge in [-0.3, -0.25) is 0 Å². The molecule has 100 valence electrons. The van der Waals surface area contributed by atoms with Gasteiger partial charge in [0.05, 0.1) is 6.10 Å². The number of nitrogens with one attached hydrogen (secondary N) is 1. The van der Waals surface area contributed by atoms with Crippen LogP contribution in [-0.4, -0.2) is 17.7 Å². The molecule has 1 heterocycles. The smallest absolute Gasteiger partial charge is 0.0922 e. The number of hydrogen-bond acceptors (Lipinski definition) is 3. The molecule has 2 aromatic rings. The van der Waals surface area contributed by atoms with Gasteiger partial charge in [-0.1, -0.05) is 24.3 Å². The summed E-state index contributed by atoms with van der Waals surface area (Å²) in [4.78, 5) is 0. The number of aliphatic hydroxyl groups is 1. The molecule has 0 amide bonds. The Morgan fingerprint density at radius 1 is 1.26 bits per heavy atom. The van der Waals surface area contributed by atoms with Gasteiger partial charge in [-0.25, -0.2) is 0 Å². The largest absolute Gasteiger partial charge is 0.387 e. The van der Waals surface area contributed by atoms with Crippen molar-refractivity contribution in [2.24, 2.45) is 0 Å². The average molecular weight is 273 g/mol. The molecule has 1 aromatic heterocycles. The first-order valence-electron chi connectivity index (χ1n) is 6.83. The Morgan fingerprint density at radius 3 is 2.89 bits per heavy atom. The minimum atomic E-state index is -0.386. The molecule has 2 nitrogen and oxygen atoms in total. The Kier molecular flexibility index (Phi) is 3.97. The van der Waals surface area contributed by atoms with E-state index in [1.54, 1.807) is 11.3 Å².